The number of amides is 1. The minimum absolute atomic E-state index is 0.0367. The Morgan fingerprint density at radius 3 is 1.05 bits per heavy atom. The maximum absolute atomic E-state index is 12.3. The van der Waals surface area contributed by atoms with Crippen LogP contribution in [0.4, 0.5) is 4.79 Å². The van der Waals surface area contributed by atoms with E-state index >= 15 is 0 Å². The van der Waals surface area contributed by atoms with Crippen molar-refractivity contribution in [3.05, 3.63) is 59.7 Å². The summed E-state index contributed by atoms with van der Waals surface area (Å²) in [6.07, 6.45) is 14.4. The quantitative estimate of drug-likeness (QED) is 0.0642. The molecule has 0 radical (unpaired) electrons. The van der Waals surface area contributed by atoms with Gasteiger partial charge < -0.3 is 62.2 Å². The van der Waals surface area contributed by atoms with Crippen LogP contribution in [0.3, 0.4) is 0 Å². The van der Waals surface area contributed by atoms with E-state index in [9.17, 15) is 4.79 Å². The third-order valence-corrected chi connectivity index (χ3v) is 10.5. The highest BCUT2D eigenvalue weighted by atomic mass is 16.6. The maximum atomic E-state index is 12.3. The van der Waals surface area contributed by atoms with E-state index in [0.717, 1.165) is 13.0 Å². The first-order chi connectivity index (χ1) is 31.8. The van der Waals surface area contributed by atoms with Crippen LogP contribution in [0.25, 0.3) is 11.1 Å². The van der Waals surface area contributed by atoms with Gasteiger partial charge in [0.25, 0.3) is 0 Å². The Morgan fingerprint density at radius 2 is 0.688 bits per heavy atom. The summed E-state index contributed by atoms with van der Waals surface area (Å²) in [6.45, 7) is 14.3. The molecule has 2 aromatic carbocycles. The molecule has 14 nitrogen and oxygen atoms in total. The van der Waals surface area contributed by atoms with Crippen LogP contribution in [0.2, 0.25) is 0 Å². The predicted molar refractivity (Wildman–Crippen MR) is 249 cm³/mol. The molecular weight excluding hydrogens is 823 g/mol. The lowest BCUT2D eigenvalue weighted by Crippen LogP contribution is -2.29. The summed E-state index contributed by atoms with van der Waals surface area (Å²) < 4.78 is 66.6. The van der Waals surface area contributed by atoms with Crippen LogP contribution in [0.15, 0.2) is 48.5 Å². The first-order valence-corrected chi connectivity index (χ1v) is 24.2. The van der Waals surface area contributed by atoms with Gasteiger partial charge in [-0.3, -0.25) is 0 Å². The summed E-state index contributed by atoms with van der Waals surface area (Å²) in [5, 5.41) is 2.75. The van der Waals surface area contributed by atoms with Crippen LogP contribution in [0, 0.1) is 0 Å². The summed E-state index contributed by atoms with van der Waals surface area (Å²) in [6, 6.07) is 16.5. The Kier molecular flexibility index (Phi) is 36.2. The Bertz CT molecular complexity index is 1310. The fourth-order valence-corrected chi connectivity index (χ4v) is 7.04. The van der Waals surface area contributed by atoms with Gasteiger partial charge in [-0.1, -0.05) is 120 Å². The number of rotatable bonds is 47. The van der Waals surface area contributed by atoms with E-state index in [2.05, 4.69) is 36.5 Å². The summed E-state index contributed by atoms with van der Waals surface area (Å²) >= 11 is 0. The van der Waals surface area contributed by atoms with Crippen molar-refractivity contribution in [2.24, 2.45) is 0 Å². The van der Waals surface area contributed by atoms with Gasteiger partial charge >= 0.3 is 6.09 Å². The van der Waals surface area contributed by atoms with Gasteiger partial charge in [0.05, 0.1) is 139 Å². The van der Waals surface area contributed by atoms with Gasteiger partial charge in [0.2, 0.25) is 0 Å². The first-order valence-electron chi connectivity index (χ1n) is 24.2. The van der Waals surface area contributed by atoms with Crippen LogP contribution < -0.4 is 5.32 Å². The number of ether oxygens (including phenoxy) is 12. The van der Waals surface area contributed by atoms with Crippen molar-refractivity contribution in [3.8, 4) is 11.1 Å². The average molecular weight is 906 g/mol. The summed E-state index contributed by atoms with van der Waals surface area (Å²) in [4.78, 5) is 12.3. The van der Waals surface area contributed by atoms with Crippen molar-refractivity contribution in [2.45, 2.75) is 83.5 Å². The highest BCUT2D eigenvalue weighted by Crippen LogP contribution is 2.44. The second-order valence-corrected chi connectivity index (χ2v) is 15.5. The van der Waals surface area contributed by atoms with E-state index in [1.54, 1.807) is 0 Å². The molecule has 14 heteroatoms. The lowest BCUT2D eigenvalue weighted by molar-refractivity contribution is -0.0275. The number of carbonyl (C=O) groups excluding carboxylic acids is 1. The van der Waals surface area contributed by atoms with E-state index in [0.29, 0.717) is 145 Å². The number of hydrogen-bond acceptors (Lipinski definition) is 13. The topological polar surface area (TPSA) is 140 Å². The largest absolute Gasteiger partial charge is 0.449 e. The molecule has 366 valence electrons. The molecule has 0 unspecified atom stereocenters. The zero-order chi connectivity index (χ0) is 45.1. The summed E-state index contributed by atoms with van der Waals surface area (Å²) in [7, 11) is 0. The molecule has 0 fully saturated rings. The minimum atomic E-state index is -0.451. The molecule has 3 rings (SSSR count). The van der Waals surface area contributed by atoms with Gasteiger partial charge in [-0.25, -0.2) is 4.79 Å². The van der Waals surface area contributed by atoms with Crippen LogP contribution in [-0.2, 0) is 56.8 Å². The Morgan fingerprint density at radius 1 is 0.391 bits per heavy atom. The van der Waals surface area contributed by atoms with E-state index in [1.807, 2.05) is 24.3 Å². The molecule has 0 heterocycles. The second kappa shape index (κ2) is 41.7. The number of benzene rings is 2. The lowest BCUT2D eigenvalue weighted by Gasteiger charge is -2.14. The molecule has 2 aromatic rings. The average Bonchev–Trinajstić information content (AvgIpc) is 3.64. The highest BCUT2D eigenvalue weighted by molar-refractivity contribution is 5.79. The van der Waals surface area contributed by atoms with Crippen molar-refractivity contribution >= 4 is 6.09 Å². The third kappa shape index (κ3) is 29.0. The van der Waals surface area contributed by atoms with Crippen molar-refractivity contribution in [2.75, 3.05) is 159 Å². The molecule has 1 amide bonds. The third-order valence-electron chi connectivity index (χ3n) is 10.5. The van der Waals surface area contributed by atoms with Gasteiger partial charge in [0, 0.05) is 19.1 Å². The Balaban J connectivity index is 0.904. The van der Waals surface area contributed by atoms with Gasteiger partial charge in [-0.05, 0) is 28.7 Å². The standard InChI is InChI=1S/C50H83NO13/c1-2-3-4-5-6-7-8-9-10-11-16-22-53-24-26-55-28-30-57-32-34-59-36-38-61-40-42-63-43-41-62-39-37-60-35-33-58-31-29-56-27-25-54-23-21-51-50(52)64-44-49-47-19-14-12-17-45(47)46-18-13-15-20-48(46)49/h12-15,17-20,49H,2-11,16,21-44H2,1H3,(H,51,52). The fraction of sp³-hybridized carbons (Fsp3) is 0.740. The van der Waals surface area contributed by atoms with Crippen molar-refractivity contribution in [1.82, 2.24) is 5.32 Å². The van der Waals surface area contributed by atoms with Gasteiger partial charge in [-0.15, -0.1) is 0 Å². The predicted octanol–water partition coefficient (Wildman–Crippen LogP) is 8.02. The van der Waals surface area contributed by atoms with Crippen LogP contribution >= 0.6 is 0 Å². The molecule has 0 saturated heterocycles. The van der Waals surface area contributed by atoms with Crippen LogP contribution in [-0.4, -0.2) is 165 Å². The van der Waals surface area contributed by atoms with Crippen LogP contribution in [0.5, 0.6) is 0 Å². The van der Waals surface area contributed by atoms with Crippen molar-refractivity contribution in [1.29, 1.82) is 0 Å². The first kappa shape index (κ1) is 55.6. The lowest BCUT2D eigenvalue weighted by atomic mass is 9.98. The molecule has 0 bridgehead atoms. The van der Waals surface area contributed by atoms with E-state index in [-0.39, 0.29) is 12.5 Å². The monoisotopic (exact) mass is 906 g/mol. The van der Waals surface area contributed by atoms with E-state index in [1.165, 1.54) is 86.5 Å². The summed E-state index contributed by atoms with van der Waals surface area (Å²) in [5.74, 6) is 0.0367. The molecule has 64 heavy (non-hydrogen) atoms. The molecule has 1 aliphatic rings. The second-order valence-electron chi connectivity index (χ2n) is 15.5. The Hall–Kier alpha value is -2.73. The van der Waals surface area contributed by atoms with Gasteiger partial charge in [0.1, 0.15) is 6.61 Å². The molecule has 0 spiro atoms. The number of hydrogen-bond donors (Lipinski definition) is 1. The molecule has 0 aromatic heterocycles. The number of carbonyl (C=O) groups is 1. The molecule has 1 aliphatic carbocycles. The molecule has 0 atom stereocenters. The molecule has 1 N–H and O–H groups in total. The smallest absolute Gasteiger partial charge is 0.407 e. The molecule has 0 saturated carbocycles. The number of nitrogens with one attached hydrogen (secondary N) is 1. The minimum Gasteiger partial charge on any atom is -0.449 e. The summed E-state index contributed by atoms with van der Waals surface area (Å²) in [5.41, 5.74) is 4.78. The number of fused-ring (bicyclic) bond motifs is 3. The Labute approximate surface area is 384 Å². The van der Waals surface area contributed by atoms with Crippen molar-refractivity contribution in [3.63, 3.8) is 0 Å². The highest BCUT2D eigenvalue weighted by Gasteiger charge is 2.29. The molecular formula is C50H83NO13. The maximum Gasteiger partial charge on any atom is 0.407 e. The van der Waals surface area contributed by atoms with Gasteiger partial charge in [-0.2, -0.15) is 0 Å². The number of unbranched alkanes of at least 4 members (excludes halogenated alkanes) is 10. The van der Waals surface area contributed by atoms with Crippen LogP contribution in [0.1, 0.15) is 94.6 Å². The fourth-order valence-electron chi connectivity index (χ4n) is 7.04. The normalized spacial score (nSPS) is 12.2. The van der Waals surface area contributed by atoms with E-state index < -0.39 is 6.09 Å². The number of alkyl carbamates (subject to hydrolysis) is 1. The zero-order valence-electron chi connectivity index (χ0n) is 39.3. The van der Waals surface area contributed by atoms with Gasteiger partial charge in [0.15, 0.2) is 0 Å². The molecule has 0 aliphatic heterocycles. The zero-order valence-corrected chi connectivity index (χ0v) is 39.3. The van der Waals surface area contributed by atoms with Crippen molar-refractivity contribution < 1.29 is 61.6 Å². The van der Waals surface area contributed by atoms with E-state index in [4.69, 9.17) is 56.8 Å². The SMILES string of the molecule is CCCCCCCCCCCCCOCCOCCOCCOCCOCCOCCOCCOCCOCCOCCOCCNC(=O)OCC1c2ccccc2-c2ccccc21.